The molecule has 2 saturated heterocycles. The first-order chi connectivity index (χ1) is 16.3. The predicted octanol–water partition coefficient (Wildman–Crippen LogP) is 3.27. The zero-order valence-corrected chi connectivity index (χ0v) is 19.0. The van der Waals surface area contributed by atoms with Gasteiger partial charge in [-0.15, -0.1) is 0 Å². The quantitative estimate of drug-likeness (QED) is 0.588. The fourth-order valence-electron chi connectivity index (χ4n) is 4.61. The Morgan fingerprint density at radius 3 is 2.41 bits per heavy atom. The van der Waals surface area contributed by atoms with Crippen molar-refractivity contribution in [3.8, 4) is 11.5 Å². The van der Waals surface area contributed by atoms with Crippen LogP contribution in [-0.4, -0.2) is 59.1 Å². The number of carboxylic acid groups (broad SMARTS) is 1. The van der Waals surface area contributed by atoms with Crippen LogP contribution in [0.5, 0.6) is 11.5 Å². The molecule has 0 spiro atoms. The molecule has 0 saturated carbocycles. The van der Waals surface area contributed by atoms with E-state index in [-0.39, 0.29) is 52.9 Å². The number of benzene rings is 2. The molecule has 4 rings (SSSR count). The molecule has 2 bridgehead atoms. The Hall–Kier alpha value is -3.33. The van der Waals surface area contributed by atoms with E-state index in [1.807, 2.05) is 4.90 Å². The van der Waals surface area contributed by atoms with E-state index in [1.54, 1.807) is 12.1 Å². The molecule has 0 aliphatic carbocycles. The van der Waals surface area contributed by atoms with Crippen LogP contribution in [0.4, 0.5) is 4.39 Å². The normalized spacial score (nSPS) is 21.1. The summed E-state index contributed by atoms with van der Waals surface area (Å²) in [4.78, 5) is 37.9. The highest BCUT2D eigenvalue weighted by Crippen LogP contribution is 2.37. The maximum absolute atomic E-state index is 13.1. The standard InChI is InChI=1S/C24H24ClFN2O6/c25-14-1-8-21(20(9-14)24(32)27-12-23(30)31)33-13-22(29)28-16-4-5-17(28)11-19(10-16)34-18-6-2-15(26)3-7-18/h1-3,6-9,16-17,19H,4-5,10-13H2,(H,27,32)(H,30,31)/t16-,17+,19?. The molecule has 2 amide bonds. The number of ether oxygens (including phenoxy) is 2. The average molecular weight is 491 g/mol. The van der Waals surface area contributed by atoms with E-state index >= 15 is 0 Å². The Morgan fingerprint density at radius 2 is 1.76 bits per heavy atom. The van der Waals surface area contributed by atoms with E-state index in [9.17, 15) is 18.8 Å². The van der Waals surface area contributed by atoms with Gasteiger partial charge in [-0.05, 0) is 55.3 Å². The number of hydrogen-bond donors (Lipinski definition) is 2. The van der Waals surface area contributed by atoms with Gasteiger partial charge in [0.1, 0.15) is 30.0 Å². The van der Waals surface area contributed by atoms with Crippen LogP contribution in [0.1, 0.15) is 36.0 Å². The highest BCUT2D eigenvalue weighted by Gasteiger charge is 2.44. The van der Waals surface area contributed by atoms with Gasteiger partial charge in [0.05, 0.1) is 5.56 Å². The average Bonchev–Trinajstić information content (AvgIpc) is 3.08. The smallest absolute Gasteiger partial charge is 0.322 e. The maximum atomic E-state index is 13.1. The van der Waals surface area contributed by atoms with Crippen LogP contribution in [0, 0.1) is 5.82 Å². The van der Waals surface area contributed by atoms with Crippen molar-refractivity contribution in [2.75, 3.05) is 13.2 Å². The highest BCUT2D eigenvalue weighted by molar-refractivity contribution is 6.31. The number of nitrogens with one attached hydrogen (secondary N) is 1. The number of piperidine rings is 1. The first-order valence-electron chi connectivity index (χ1n) is 11.0. The molecule has 2 heterocycles. The second kappa shape index (κ2) is 10.3. The van der Waals surface area contributed by atoms with Crippen molar-refractivity contribution >= 4 is 29.4 Å². The van der Waals surface area contributed by atoms with Crippen LogP contribution in [-0.2, 0) is 9.59 Å². The number of rotatable bonds is 8. The second-order valence-corrected chi connectivity index (χ2v) is 8.79. The Morgan fingerprint density at radius 1 is 1.09 bits per heavy atom. The van der Waals surface area contributed by atoms with Gasteiger partial charge in [0, 0.05) is 29.9 Å². The molecule has 2 fully saturated rings. The summed E-state index contributed by atoms with van der Waals surface area (Å²) < 4.78 is 24.8. The first kappa shape index (κ1) is 23.8. The summed E-state index contributed by atoms with van der Waals surface area (Å²) in [6.45, 7) is -0.820. The van der Waals surface area contributed by atoms with Crippen LogP contribution >= 0.6 is 11.6 Å². The first-order valence-corrected chi connectivity index (χ1v) is 11.3. The minimum atomic E-state index is -1.18. The largest absolute Gasteiger partial charge is 0.490 e. The third-order valence-corrected chi connectivity index (χ3v) is 6.27. The second-order valence-electron chi connectivity index (χ2n) is 8.36. The van der Waals surface area contributed by atoms with Crippen molar-refractivity contribution in [1.29, 1.82) is 0 Å². The molecule has 2 N–H and O–H groups in total. The number of carbonyl (C=O) groups excluding carboxylic acids is 2. The van der Waals surface area contributed by atoms with Crippen LogP contribution in [0.2, 0.25) is 5.02 Å². The molecule has 3 atom stereocenters. The van der Waals surface area contributed by atoms with Gasteiger partial charge in [0.2, 0.25) is 0 Å². The van der Waals surface area contributed by atoms with Gasteiger partial charge in [0.15, 0.2) is 6.61 Å². The Labute approximate surface area is 200 Å². The zero-order valence-electron chi connectivity index (χ0n) is 18.2. The molecule has 10 heteroatoms. The van der Waals surface area contributed by atoms with Gasteiger partial charge in [0.25, 0.3) is 11.8 Å². The molecule has 180 valence electrons. The fraction of sp³-hybridized carbons (Fsp3) is 0.375. The molecular formula is C24H24ClFN2O6. The Bertz CT molecular complexity index is 1070. The van der Waals surface area contributed by atoms with Crippen LogP contribution < -0.4 is 14.8 Å². The molecular weight excluding hydrogens is 467 g/mol. The van der Waals surface area contributed by atoms with Gasteiger partial charge in [-0.25, -0.2) is 4.39 Å². The summed E-state index contributed by atoms with van der Waals surface area (Å²) in [6.07, 6.45) is 3.01. The van der Waals surface area contributed by atoms with E-state index in [1.165, 1.54) is 30.3 Å². The van der Waals surface area contributed by atoms with Crippen molar-refractivity contribution in [1.82, 2.24) is 10.2 Å². The molecule has 34 heavy (non-hydrogen) atoms. The number of carbonyl (C=O) groups is 3. The molecule has 2 aromatic rings. The number of halogens is 2. The molecule has 0 aromatic heterocycles. The van der Waals surface area contributed by atoms with Gasteiger partial charge in [-0.2, -0.15) is 0 Å². The topological polar surface area (TPSA) is 105 Å². The number of fused-ring (bicyclic) bond motifs is 2. The SMILES string of the molecule is O=C(O)CNC(=O)c1cc(Cl)ccc1OCC(=O)N1[C@@H]2CC[C@H]1CC(Oc1ccc(F)cc1)C2. The lowest BCUT2D eigenvalue weighted by atomic mass is 9.99. The van der Waals surface area contributed by atoms with E-state index in [4.69, 9.17) is 26.2 Å². The van der Waals surface area contributed by atoms with Crippen molar-refractivity contribution < 1.29 is 33.4 Å². The van der Waals surface area contributed by atoms with Crippen LogP contribution in [0.25, 0.3) is 0 Å². The van der Waals surface area contributed by atoms with E-state index in [2.05, 4.69) is 5.32 Å². The van der Waals surface area contributed by atoms with Crippen molar-refractivity contribution in [2.45, 2.75) is 43.9 Å². The van der Waals surface area contributed by atoms with E-state index in [0.717, 1.165) is 12.8 Å². The highest BCUT2D eigenvalue weighted by atomic mass is 35.5. The lowest BCUT2D eigenvalue weighted by Crippen LogP contribution is -2.50. The predicted molar refractivity (Wildman–Crippen MR) is 121 cm³/mol. The van der Waals surface area contributed by atoms with Crippen LogP contribution in [0.15, 0.2) is 42.5 Å². The number of amides is 2. The van der Waals surface area contributed by atoms with Gasteiger partial charge in [-0.1, -0.05) is 11.6 Å². The minimum absolute atomic E-state index is 0.0175. The van der Waals surface area contributed by atoms with Gasteiger partial charge >= 0.3 is 5.97 Å². The lowest BCUT2D eigenvalue weighted by molar-refractivity contribution is -0.139. The zero-order chi connectivity index (χ0) is 24.2. The number of nitrogens with zero attached hydrogens (tertiary/aromatic N) is 1. The fourth-order valence-corrected chi connectivity index (χ4v) is 4.78. The summed E-state index contributed by atoms with van der Waals surface area (Å²) in [5.74, 6) is -1.62. The summed E-state index contributed by atoms with van der Waals surface area (Å²) >= 11 is 5.98. The minimum Gasteiger partial charge on any atom is -0.490 e. The van der Waals surface area contributed by atoms with Crippen LogP contribution in [0.3, 0.4) is 0 Å². The van der Waals surface area contributed by atoms with Gasteiger partial charge < -0.3 is 24.8 Å². The van der Waals surface area contributed by atoms with E-state index < -0.39 is 18.4 Å². The molecule has 0 radical (unpaired) electrons. The maximum Gasteiger partial charge on any atom is 0.322 e. The van der Waals surface area contributed by atoms with Gasteiger partial charge in [-0.3, -0.25) is 14.4 Å². The third-order valence-electron chi connectivity index (χ3n) is 6.03. The summed E-state index contributed by atoms with van der Waals surface area (Å²) in [5, 5.41) is 11.3. The Balaban J connectivity index is 1.36. The summed E-state index contributed by atoms with van der Waals surface area (Å²) in [5.41, 5.74) is 0.0518. The van der Waals surface area contributed by atoms with Crippen molar-refractivity contribution in [3.05, 3.63) is 58.9 Å². The lowest BCUT2D eigenvalue weighted by Gasteiger charge is -2.38. The molecule has 2 aromatic carbocycles. The molecule has 1 unspecified atom stereocenters. The number of hydrogen-bond acceptors (Lipinski definition) is 5. The molecule has 2 aliphatic heterocycles. The van der Waals surface area contributed by atoms with Crippen molar-refractivity contribution in [3.63, 3.8) is 0 Å². The third kappa shape index (κ3) is 5.59. The van der Waals surface area contributed by atoms with E-state index in [0.29, 0.717) is 18.6 Å². The summed E-state index contributed by atoms with van der Waals surface area (Å²) in [6, 6.07) is 10.3. The molecule has 2 aliphatic rings. The number of aliphatic carboxylic acids is 1. The monoisotopic (exact) mass is 490 g/mol. The summed E-state index contributed by atoms with van der Waals surface area (Å²) in [7, 11) is 0. The number of carboxylic acids is 1. The molecule has 8 nitrogen and oxygen atoms in total. The van der Waals surface area contributed by atoms with Crippen molar-refractivity contribution in [2.24, 2.45) is 0 Å². The Kier molecular flexibility index (Phi) is 7.21.